The summed E-state index contributed by atoms with van der Waals surface area (Å²) in [5.74, 6) is 0.414. The molecule has 0 aliphatic heterocycles. The molecule has 0 spiro atoms. The second kappa shape index (κ2) is 5.38. The molecule has 0 N–H and O–H groups in total. The molecule has 0 saturated carbocycles. The topological polar surface area (TPSA) is 25.8 Å². The van der Waals surface area contributed by atoms with Gasteiger partial charge >= 0.3 is 0 Å². The first kappa shape index (κ1) is 13.9. The smallest absolute Gasteiger partial charge is 0.163 e. The number of aromatic nitrogens is 2. The first-order valence-electron chi connectivity index (χ1n) is 5.63. The van der Waals surface area contributed by atoms with Gasteiger partial charge in [-0.05, 0) is 30.3 Å². The van der Waals surface area contributed by atoms with Gasteiger partial charge in [0.15, 0.2) is 5.82 Å². The Kier molecular flexibility index (Phi) is 3.74. The van der Waals surface area contributed by atoms with Crippen LogP contribution in [0.3, 0.4) is 0 Å². The summed E-state index contributed by atoms with van der Waals surface area (Å²) in [5.41, 5.74) is 1.25. The van der Waals surface area contributed by atoms with Gasteiger partial charge in [0.2, 0.25) is 0 Å². The molecule has 0 unspecified atom stereocenters. The lowest BCUT2D eigenvalue weighted by Gasteiger charge is -2.07. The van der Waals surface area contributed by atoms with Gasteiger partial charge in [-0.1, -0.05) is 52.5 Å². The fourth-order valence-corrected chi connectivity index (χ4v) is 2.81. The molecule has 100 valence electrons. The van der Waals surface area contributed by atoms with Gasteiger partial charge in [-0.2, -0.15) is 0 Å². The Labute approximate surface area is 135 Å². The number of rotatable bonds is 1. The van der Waals surface area contributed by atoms with Crippen LogP contribution in [0.4, 0.5) is 0 Å². The van der Waals surface area contributed by atoms with Crippen molar-refractivity contribution in [1.82, 2.24) is 9.97 Å². The van der Waals surface area contributed by atoms with Crippen molar-refractivity contribution in [1.29, 1.82) is 0 Å². The maximum absolute atomic E-state index is 6.19. The average Bonchev–Trinajstić information content (AvgIpc) is 2.40. The standard InChI is InChI=1S/C14H6Cl4N2/c15-7-4-5-8(11(17)6-7)14-19-12-9(13(18)20-14)2-1-3-10(12)16/h1-6H. The van der Waals surface area contributed by atoms with Crippen molar-refractivity contribution in [2.24, 2.45) is 0 Å². The van der Waals surface area contributed by atoms with Crippen molar-refractivity contribution >= 4 is 57.3 Å². The SMILES string of the molecule is Clc1ccc(-c2nc(Cl)c3cccc(Cl)c3n2)c(Cl)c1. The predicted octanol–water partition coefficient (Wildman–Crippen LogP) is 5.91. The Morgan fingerprint density at radius 3 is 2.35 bits per heavy atom. The highest BCUT2D eigenvalue weighted by atomic mass is 35.5. The Balaban J connectivity index is 2.29. The lowest BCUT2D eigenvalue weighted by molar-refractivity contribution is 1.23. The van der Waals surface area contributed by atoms with Crippen LogP contribution < -0.4 is 0 Å². The van der Waals surface area contributed by atoms with Gasteiger partial charge in [-0.15, -0.1) is 0 Å². The third-order valence-electron chi connectivity index (χ3n) is 2.80. The zero-order valence-corrected chi connectivity index (χ0v) is 12.9. The van der Waals surface area contributed by atoms with Crippen LogP contribution in [-0.4, -0.2) is 9.97 Å². The molecule has 0 amide bonds. The normalized spacial score (nSPS) is 11.0. The summed E-state index contributed by atoms with van der Waals surface area (Å²) in [5, 5.41) is 2.55. The molecule has 1 aromatic heterocycles. The molecule has 0 aliphatic carbocycles. The van der Waals surface area contributed by atoms with Crippen LogP contribution in [0.25, 0.3) is 22.3 Å². The summed E-state index contributed by atoms with van der Waals surface area (Å²) in [6, 6.07) is 10.5. The van der Waals surface area contributed by atoms with Crippen molar-refractivity contribution in [3.63, 3.8) is 0 Å². The maximum atomic E-state index is 6.19. The van der Waals surface area contributed by atoms with Gasteiger partial charge in [0.1, 0.15) is 5.15 Å². The predicted molar refractivity (Wildman–Crippen MR) is 85.0 cm³/mol. The summed E-state index contributed by atoms with van der Waals surface area (Å²) in [4.78, 5) is 8.71. The maximum Gasteiger partial charge on any atom is 0.163 e. The van der Waals surface area contributed by atoms with Gasteiger partial charge < -0.3 is 0 Å². The lowest BCUT2D eigenvalue weighted by atomic mass is 10.2. The Bertz CT molecular complexity index is 818. The molecular formula is C14H6Cl4N2. The van der Waals surface area contributed by atoms with E-state index in [0.29, 0.717) is 42.5 Å². The summed E-state index contributed by atoms with van der Waals surface area (Å²) in [6.07, 6.45) is 0. The number of halogens is 4. The molecule has 0 fully saturated rings. The van der Waals surface area contributed by atoms with E-state index in [1.165, 1.54) is 0 Å². The number of fused-ring (bicyclic) bond motifs is 1. The van der Waals surface area contributed by atoms with E-state index in [1.54, 1.807) is 30.3 Å². The molecule has 2 nitrogen and oxygen atoms in total. The molecule has 0 saturated heterocycles. The van der Waals surface area contributed by atoms with E-state index in [4.69, 9.17) is 46.4 Å². The van der Waals surface area contributed by atoms with E-state index in [9.17, 15) is 0 Å². The quantitative estimate of drug-likeness (QED) is 0.513. The average molecular weight is 344 g/mol. The van der Waals surface area contributed by atoms with E-state index < -0.39 is 0 Å². The van der Waals surface area contributed by atoms with E-state index in [2.05, 4.69) is 9.97 Å². The highest BCUT2D eigenvalue weighted by molar-refractivity contribution is 6.39. The minimum absolute atomic E-state index is 0.332. The molecule has 1 heterocycles. The van der Waals surface area contributed by atoms with E-state index in [0.717, 1.165) is 0 Å². The zero-order chi connectivity index (χ0) is 14.3. The summed E-state index contributed by atoms with van der Waals surface area (Å²) in [6.45, 7) is 0. The van der Waals surface area contributed by atoms with Gasteiger partial charge in [0.25, 0.3) is 0 Å². The first-order valence-corrected chi connectivity index (χ1v) is 7.14. The molecule has 0 bridgehead atoms. The number of hydrogen-bond donors (Lipinski definition) is 0. The summed E-state index contributed by atoms with van der Waals surface area (Å²) >= 11 is 24.4. The second-order valence-electron chi connectivity index (χ2n) is 4.10. The van der Waals surface area contributed by atoms with Crippen LogP contribution in [0.15, 0.2) is 36.4 Å². The van der Waals surface area contributed by atoms with Crippen LogP contribution in [0.1, 0.15) is 0 Å². The van der Waals surface area contributed by atoms with Crippen molar-refractivity contribution in [2.75, 3.05) is 0 Å². The van der Waals surface area contributed by atoms with Crippen molar-refractivity contribution < 1.29 is 0 Å². The van der Waals surface area contributed by atoms with E-state index in [1.807, 2.05) is 6.07 Å². The fraction of sp³-hybridized carbons (Fsp3) is 0. The summed E-state index contributed by atoms with van der Waals surface area (Å²) in [7, 11) is 0. The summed E-state index contributed by atoms with van der Waals surface area (Å²) < 4.78 is 0. The molecule has 3 aromatic rings. The number of nitrogens with zero attached hydrogens (tertiary/aromatic N) is 2. The molecule has 6 heteroatoms. The highest BCUT2D eigenvalue weighted by Gasteiger charge is 2.12. The van der Waals surface area contributed by atoms with Crippen LogP contribution in [0.2, 0.25) is 20.2 Å². The van der Waals surface area contributed by atoms with Gasteiger partial charge in [-0.25, -0.2) is 9.97 Å². The van der Waals surface area contributed by atoms with Gasteiger partial charge in [0.05, 0.1) is 15.6 Å². The molecule has 3 rings (SSSR count). The number of hydrogen-bond acceptors (Lipinski definition) is 2. The van der Waals surface area contributed by atoms with Gasteiger partial charge in [0, 0.05) is 16.0 Å². The first-order chi connectivity index (χ1) is 9.56. The monoisotopic (exact) mass is 342 g/mol. The minimum atomic E-state index is 0.332. The largest absolute Gasteiger partial charge is 0.226 e. The van der Waals surface area contributed by atoms with Crippen molar-refractivity contribution in [3.05, 3.63) is 56.6 Å². The van der Waals surface area contributed by atoms with E-state index in [-0.39, 0.29) is 0 Å². The lowest BCUT2D eigenvalue weighted by Crippen LogP contribution is -1.93. The number of benzene rings is 2. The molecule has 0 radical (unpaired) electrons. The molecule has 2 aromatic carbocycles. The number of para-hydroxylation sites is 1. The van der Waals surface area contributed by atoms with Gasteiger partial charge in [-0.3, -0.25) is 0 Å². The fourth-order valence-electron chi connectivity index (χ4n) is 1.87. The third-order valence-corrected chi connectivity index (χ3v) is 3.94. The second-order valence-corrected chi connectivity index (χ2v) is 5.71. The van der Waals surface area contributed by atoms with Crippen molar-refractivity contribution in [2.45, 2.75) is 0 Å². The highest BCUT2D eigenvalue weighted by Crippen LogP contribution is 2.32. The molecule has 0 aliphatic rings. The molecular weight excluding hydrogens is 338 g/mol. The van der Waals surface area contributed by atoms with Crippen LogP contribution in [0.5, 0.6) is 0 Å². The van der Waals surface area contributed by atoms with E-state index >= 15 is 0 Å². The minimum Gasteiger partial charge on any atom is -0.226 e. The Morgan fingerprint density at radius 1 is 0.800 bits per heavy atom. The zero-order valence-electron chi connectivity index (χ0n) is 9.87. The Morgan fingerprint density at radius 2 is 1.60 bits per heavy atom. The van der Waals surface area contributed by atoms with Crippen LogP contribution >= 0.6 is 46.4 Å². The molecule has 20 heavy (non-hydrogen) atoms. The third kappa shape index (κ3) is 2.45. The Hall–Kier alpha value is -1.06. The van der Waals surface area contributed by atoms with Crippen LogP contribution in [-0.2, 0) is 0 Å². The van der Waals surface area contributed by atoms with Crippen LogP contribution in [0, 0.1) is 0 Å². The van der Waals surface area contributed by atoms with Crippen molar-refractivity contribution in [3.8, 4) is 11.4 Å². The molecule has 0 atom stereocenters.